The van der Waals surface area contributed by atoms with Crippen molar-refractivity contribution >= 4 is 11.9 Å². The zero-order chi connectivity index (χ0) is 17.8. The van der Waals surface area contributed by atoms with E-state index in [0.717, 1.165) is 56.3 Å². The molecule has 0 aromatic heterocycles. The van der Waals surface area contributed by atoms with Crippen molar-refractivity contribution in [2.45, 2.75) is 58.8 Å². The first kappa shape index (κ1) is 16.6. The first-order valence-electron chi connectivity index (χ1n) is 9.34. The van der Waals surface area contributed by atoms with Crippen LogP contribution in [0, 0.1) is 16.7 Å². The molecule has 134 valence electrons. The van der Waals surface area contributed by atoms with Crippen molar-refractivity contribution in [1.82, 2.24) is 0 Å². The van der Waals surface area contributed by atoms with Crippen LogP contribution in [0.2, 0.25) is 0 Å². The lowest BCUT2D eigenvalue weighted by Gasteiger charge is -2.54. The number of allylic oxidation sites excluding steroid dienone is 4. The van der Waals surface area contributed by atoms with Crippen LogP contribution in [0.4, 0.5) is 0 Å². The van der Waals surface area contributed by atoms with Gasteiger partial charge in [0, 0.05) is 11.6 Å². The lowest BCUT2D eigenvalue weighted by molar-refractivity contribution is -0.163. The van der Waals surface area contributed by atoms with Gasteiger partial charge < -0.3 is 9.47 Å². The number of carbonyl (C=O) groups is 2. The highest BCUT2D eigenvalue weighted by Crippen LogP contribution is 2.61. The van der Waals surface area contributed by atoms with Crippen molar-refractivity contribution in [3.8, 4) is 0 Å². The Morgan fingerprint density at radius 1 is 1.20 bits per heavy atom. The highest BCUT2D eigenvalue weighted by Gasteiger charge is 2.56. The van der Waals surface area contributed by atoms with Gasteiger partial charge in [-0.3, -0.25) is 4.79 Å². The maximum atomic E-state index is 12.6. The molecule has 0 saturated heterocycles. The van der Waals surface area contributed by atoms with Crippen LogP contribution in [0.15, 0.2) is 34.6 Å². The average Bonchev–Trinajstić information content (AvgIpc) is 2.82. The molecule has 1 aliphatic heterocycles. The summed E-state index contributed by atoms with van der Waals surface area (Å²) in [7, 11) is 1.51. The molecule has 0 aromatic rings. The van der Waals surface area contributed by atoms with Gasteiger partial charge in [0.25, 0.3) is 0 Å². The maximum absolute atomic E-state index is 12.6. The number of hydrogen-bond donors (Lipinski definition) is 0. The summed E-state index contributed by atoms with van der Waals surface area (Å²) in [6, 6.07) is 0. The third-order valence-electron chi connectivity index (χ3n) is 7.13. The molecular formula is C21H26O4. The van der Waals surface area contributed by atoms with Crippen molar-refractivity contribution in [1.29, 1.82) is 0 Å². The first-order valence-corrected chi connectivity index (χ1v) is 9.34. The second-order valence-corrected chi connectivity index (χ2v) is 8.37. The molecule has 4 rings (SSSR count). The molecule has 4 nitrogen and oxygen atoms in total. The van der Waals surface area contributed by atoms with Crippen LogP contribution in [0.3, 0.4) is 0 Å². The average molecular weight is 342 g/mol. The summed E-state index contributed by atoms with van der Waals surface area (Å²) in [6.07, 6.45) is 10.5. The minimum Gasteiger partial charge on any atom is -0.469 e. The van der Waals surface area contributed by atoms with Gasteiger partial charge in [-0.25, -0.2) is 4.79 Å². The van der Waals surface area contributed by atoms with Gasteiger partial charge in [-0.1, -0.05) is 18.9 Å². The van der Waals surface area contributed by atoms with Gasteiger partial charge in [0.2, 0.25) is 0 Å². The van der Waals surface area contributed by atoms with Crippen molar-refractivity contribution in [2.24, 2.45) is 16.7 Å². The molecule has 1 fully saturated rings. The Morgan fingerprint density at radius 3 is 2.76 bits per heavy atom. The summed E-state index contributed by atoms with van der Waals surface area (Å²) in [5.41, 5.74) is 3.43. The van der Waals surface area contributed by atoms with Gasteiger partial charge in [-0.15, -0.1) is 0 Å². The fraction of sp³-hybridized carbons (Fsp3) is 0.619. The number of rotatable bonds is 1. The second kappa shape index (κ2) is 5.58. The summed E-state index contributed by atoms with van der Waals surface area (Å²) in [6.45, 7) is 4.44. The molecule has 0 amide bonds. The van der Waals surface area contributed by atoms with Crippen molar-refractivity contribution < 1.29 is 19.1 Å². The Hall–Kier alpha value is -1.84. The second-order valence-electron chi connectivity index (χ2n) is 8.37. The maximum Gasteiger partial charge on any atom is 0.336 e. The van der Waals surface area contributed by atoms with Gasteiger partial charge in [0.15, 0.2) is 0 Å². The monoisotopic (exact) mass is 342 g/mol. The Bertz CT molecular complexity index is 741. The topological polar surface area (TPSA) is 52.6 Å². The lowest BCUT2D eigenvalue weighted by Crippen LogP contribution is -2.50. The molecule has 0 N–H and O–H groups in total. The summed E-state index contributed by atoms with van der Waals surface area (Å²) < 4.78 is 10.6. The largest absolute Gasteiger partial charge is 0.469 e. The summed E-state index contributed by atoms with van der Waals surface area (Å²) in [4.78, 5) is 24.2. The Kier molecular flexibility index (Phi) is 3.71. The minimum absolute atomic E-state index is 0.0229. The van der Waals surface area contributed by atoms with E-state index in [1.807, 2.05) is 0 Å². The fourth-order valence-electron chi connectivity index (χ4n) is 5.93. The van der Waals surface area contributed by atoms with Crippen LogP contribution in [-0.2, 0) is 19.1 Å². The predicted octanol–water partition coefficient (Wildman–Crippen LogP) is 4.22. The summed E-state index contributed by atoms with van der Waals surface area (Å²) >= 11 is 0. The molecule has 25 heavy (non-hydrogen) atoms. The Balaban J connectivity index is 1.75. The van der Waals surface area contributed by atoms with Gasteiger partial charge >= 0.3 is 11.9 Å². The number of esters is 2. The molecule has 1 saturated carbocycles. The molecule has 0 aromatic carbocycles. The van der Waals surface area contributed by atoms with Gasteiger partial charge in [-0.2, -0.15) is 0 Å². The quantitative estimate of drug-likeness (QED) is 0.669. The first-order chi connectivity index (χ1) is 11.9. The third-order valence-corrected chi connectivity index (χ3v) is 7.13. The van der Waals surface area contributed by atoms with Crippen LogP contribution in [-0.4, -0.2) is 19.0 Å². The lowest BCUT2D eigenvalue weighted by atomic mass is 9.49. The molecule has 0 spiro atoms. The minimum atomic E-state index is -0.401. The van der Waals surface area contributed by atoms with E-state index >= 15 is 0 Å². The van der Waals surface area contributed by atoms with Crippen LogP contribution < -0.4 is 0 Å². The zero-order valence-electron chi connectivity index (χ0n) is 15.3. The molecule has 3 unspecified atom stereocenters. The SMILES string of the molecule is COC(=O)C1(C)CCCC2(C)C3=C(C=C4OC(=O)C=C4CC3)CCC12. The van der Waals surface area contributed by atoms with Gasteiger partial charge in [-0.05, 0) is 68.4 Å². The Labute approximate surface area is 148 Å². The van der Waals surface area contributed by atoms with Gasteiger partial charge in [0.1, 0.15) is 5.76 Å². The van der Waals surface area contributed by atoms with Crippen molar-refractivity contribution in [3.63, 3.8) is 0 Å². The van der Waals surface area contributed by atoms with E-state index in [2.05, 4.69) is 19.9 Å². The van der Waals surface area contributed by atoms with Crippen LogP contribution >= 0.6 is 0 Å². The normalized spacial score (nSPS) is 37.1. The molecule has 0 radical (unpaired) electrons. The molecule has 3 aliphatic carbocycles. The van der Waals surface area contributed by atoms with E-state index in [4.69, 9.17) is 9.47 Å². The van der Waals surface area contributed by atoms with Crippen molar-refractivity contribution in [2.75, 3.05) is 7.11 Å². The van der Waals surface area contributed by atoms with Crippen molar-refractivity contribution in [3.05, 3.63) is 34.6 Å². The van der Waals surface area contributed by atoms with Crippen LogP contribution in [0.1, 0.15) is 58.8 Å². The van der Waals surface area contributed by atoms with Gasteiger partial charge in [0.05, 0.1) is 12.5 Å². The van der Waals surface area contributed by atoms with Crippen LogP contribution in [0.25, 0.3) is 0 Å². The number of methoxy groups -OCH3 is 1. The number of ether oxygens (including phenoxy) is 2. The number of carbonyl (C=O) groups excluding carboxylic acids is 2. The molecular weight excluding hydrogens is 316 g/mol. The Morgan fingerprint density at radius 2 is 2.00 bits per heavy atom. The molecule has 3 atom stereocenters. The third kappa shape index (κ3) is 2.33. The molecule has 4 heteroatoms. The molecule has 0 bridgehead atoms. The van der Waals surface area contributed by atoms with E-state index in [9.17, 15) is 9.59 Å². The molecule has 1 heterocycles. The number of hydrogen-bond acceptors (Lipinski definition) is 4. The smallest absolute Gasteiger partial charge is 0.336 e. The van der Waals surface area contributed by atoms with E-state index in [0.29, 0.717) is 5.92 Å². The standard InChI is InChI=1S/C21H26O4/c1-20-9-4-10-21(2,19(23)24-3)17(20)8-6-13-11-16-14(5-7-15(13)20)12-18(22)25-16/h11-12,17H,4-10H2,1-3H3. The zero-order valence-corrected chi connectivity index (χ0v) is 15.3. The highest BCUT2D eigenvalue weighted by atomic mass is 16.5. The predicted molar refractivity (Wildman–Crippen MR) is 93.3 cm³/mol. The van der Waals surface area contributed by atoms with E-state index in [1.165, 1.54) is 18.3 Å². The van der Waals surface area contributed by atoms with E-state index in [1.54, 1.807) is 6.08 Å². The highest BCUT2D eigenvalue weighted by molar-refractivity contribution is 5.88. The van der Waals surface area contributed by atoms with Crippen LogP contribution in [0.5, 0.6) is 0 Å². The summed E-state index contributed by atoms with van der Waals surface area (Å²) in [5.74, 6) is 0.741. The van der Waals surface area contributed by atoms with E-state index in [-0.39, 0.29) is 17.4 Å². The number of fused-ring (bicyclic) bond motifs is 3. The molecule has 4 aliphatic rings. The van der Waals surface area contributed by atoms with E-state index < -0.39 is 5.41 Å². The fourth-order valence-corrected chi connectivity index (χ4v) is 5.93. The summed E-state index contributed by atoms with van der Waals surface area (Å²) in [5, 5.41) is 0.